The van der Waals surface area contributed by atoms with Gasteiger partial charge in [-0.15, -0.1) is 11.3 Å². The first-order chi connectivity index (χ1) is 10.2. The molecule has 21 heavy (non-hydrogen) atoms. The smallest absolute Gasteiger partial charge is 0.228 e. The van der Waals surface area contributed by atoms with E-state index in [2.05, 4.69) is 48.7 Å². The van der Waals surface area contributed by atoms with Crippen LogP contribution in [0.15, 0.2) is 30.3 Å². The van der Waals surface area contributed by atoms with Crippen LogP contribution < -0.4 is 10.6 Å². The predicted octanol–water partition coefficient (Wildman–Crippen LogP) is 3.64. The van der Waals surface area contributed by atoms with Crippen LogP contribution in [-0.2, 0) is 11.2 Å². The molecule has 0 saturated carbocycles. The lowest BCUT2D eigenvalue weighted by molar-refractivity contribution is -0.115. The van der Waals surface area contributed by atoms with Crippen molar-refractivity contribution in [3.05, 3.63) is 51.2 Å². The van der Waals surface area contributed by atoms with E-state index >= 15 is 0 Å². The molecule has 1 amide bonds. The lowest BCUT2D eigenvalue weighted by Crippen LogP contribution is -2.22. The Bertz CT molecular complexity index is 663. The normalized spacial score (nSPS) is 14.9. The number of thiophene rings is 1. The van der Waals surface area contributed by atoms with Gasteiger partial charge in [-0.25, -0.2) is 0 Å². The van der Waals surface area contributed by atoms with Crippen molar-refractivity contribution in [2.45, 2.75) is 32.7 Å². The summed E-state index contributed by atoms with van der Waals surface area (Å²) in [6.45, 7) is 5.29. The molecule has 2 aromatic rings. The number of rotatable bonds is 5. The third-order valence-corrected chi connectivity index (χ3v) is 4.80. The summed E-state index contributed by atoms with van der Waals surface area (Å²) in [5, 5.41) is 6.52. The number of aryl methyl sites for hydroxylation is 1. The molecule has 0 saturated heterocycles. The Kier molecular flexibility index (Phi) is 4.08. The topological polar surface area (TPSA) is 41.1 Å². The highest BCUT2D eigenvalue weighted by atomic mass is 32.1. The Morgan fingerprint density at radius 2 is 2.19 bits per heavy atom. The summed E-state index contributed by atoms with van der Waals surface area (Å²) in [4.78, 5) is 14.2. The second-order valence-corrected chi connectivity index (χ2v) is 6.80. The van der Waals surface area contributed by atoms with E-state index in [1.807, 2.05) is 17.4 Å². The molecule has 1 aromatic carbocycles. The van der Waals surface area contributed by atoms with E-state index in [9.17, 15) is 4.79 Å². The Hall–Kier alpha value is -1.65. The maximum Gasteiger partial charge on any atom is 0.228 e. The number of fused-ring (bicyclic) bond motifs is 1. The van der Waals surface area contributed by atoms with Gasteiger partial charge in [-0.05, 0) is 49.2 Å². The van der Waals surface area contributed by atoms with Crippen LogP contribution in [0.5, 0.6) is 0 Å². The molecule has 3 nitrogen and oxygen atoms in total. The van der Waals surface area contributed by atoms with E-state index in [1.165, 1.54) is 15.3 Å². The van der Waals surface area contributed by atoms with Crippen molar-refractivity contribution in [3.8, 4) is 0 Å². The lowest BCUT2D eigenvalue weighted by Gasteiger charge is -2.18. The van der Waals surface area contributed by atoms with Crippen LogP contribution in [0.3, 0.4) is 0 Å². The van der Waals surface area contributed by atoms with Gasteiger partial charge >= 0.3 is 0 Å². The van der Waals surface area contributed by atoms with E-state index in [-0.39, 0.29) is 11.9 Å². The SMILES string of the molecule is CCCNC(c1ccc2c(c1)CC(=O)N2)c1ccc(C)s1. The molecule has 0 aliphatic carbocycles. The fraction of sp³-hybridized carbons (Fsp3) is 0.353. The number of carbonyl (C=O) groups is 1. The molecule has 0 fully saturated rings. The number of nitrogens with one attached hydrogen (secondary N) is 2. The van der Waals surface area contributed by atoms with Crippen molar-refractivity contribution in [1.29, 1.82) is 0 Å². The van der Waals surface area contributed by atoms with E-state index in [0.717, 1.165) is 24.2 Å². The number of amides is 1. The number of benzene rings is 1. The molecular formula is C17H20N2OS. The number of carbonyl (C=O) groups excluding carboxylic acids is 1. The first-order valence-corrected chi connectivity index (χ1v) is 8.21. The maximum atomic E-state index is 11.5. The van der Waals surface area contributed by atoms with Crippen molar-refractivity contribution < 1.29 is 4.79 Å². The highest BCUT2D eigenvalue weighted by Gasteiger charge is 2.21. The van der Waals surface area contributed by atoms with Crippen LogP contribution in [0.2, 0.25) is 0 Å². The summed E-state index contributed by atoms with van der Waals surface area (Å²) in [6.07, 6.45) is 1.60. The Morgan fingerprint density at radius 1 is 1.33 bits per heavy atom. The second kappa shape index (κ2) is 6.00. The molecule has 1 aliphatic heterocycles. The maximum absolute atomic E-state index is 11.5. The monoisotopic (exact) mass is 300 g/mol. The van der Waals surface area contributed by atoms with E-state index in [1.54, 1.807) is 0 Å². The fourth-order valence-electron chi connectivity index (χ4n) is 2.71. The predicted molar refractivity (Wildman–Crippen MR) is 88.0 cm³/mol. The van der Waals surface area contributed by atoms with Gasteiger partial charge in [0, 0.05) is 15.4 Å². The molecule has 110 valence electrons. The van der Waals surface area contributed by atoms with Crippen LogP contribution >= 0.6 is 11.3 Å². The fourth-order valence-corrected chi connectivity index (χ4v) is 3.69. The number of hydrogen-bond acceptors (Lipinski definition) is 3. The molecule has 0 radical (unpaired) electrons. The zero-order valence-electron chi connectivity index (χ0n) is 12.4. The van der Waals surface area contributed by atoms with Crippen molar-refractivity contribution in [1.82, 2.24) is 5.32 Å². The highest BCUT2D eigenvalue weighted by Crippen LogP contribution is 2.32. The summed E-state index contributed by atoms with van der Waals surface area (Å²) in [7, 11) is 0. The van der Waals surface area contributed by atoms with Crippen LogP contribution in [0.25, 0.3) is 0 Å². The molecule has 2 heterocycles. The summed E-state index contributed by atoms with van der Waals surface area (Å²) >= 11 is 1.83. The molecule has 4 heteroatoms. The average molecular weight is 300 g/mol. The summed E-state index contributed by atoms with van der Waals surface area (Å²) < 4.78 is 0. The molecule has 1 aliphatic rings. The molecule has 1 unspecified atom stereocenters. The van der Waals surface area contributed by atoms with Gasteiger partial charge < -0.3 is 10.6 Å². The summed E-state index contributed by atoms with van der Waals surface area (Å²) in [6, 6.07) is 10.9. The molecule has 0 bridgehead atoms. The number of hydrogen-bond donors (Lipinski definition) is 2. The van der Waals surface area contributed by atoms with E-state index in [4.69, 9.17) is 0 Å². The zero-order valence-corrected chi connectivity index (χ0v) is 13.2. The van der Waals surface area contributed by atoms with Gasteiger partial charge in [-0.1, -0.05) is 19.1 Å². The van der Waals surface area contributed by atoms with E-state index < -0.39 is 0 Å². The van der Waals surface area contributed by atoms with Gasteiger partial charge in [0.05, 0.1) is 12.5 Å². The second-order valence-electron chi connectivity index (χ2n) is 5.48. The quantitative estimate of drug-likeness (QED) is 0.885. The van der Waals surface area contributed by atoms with Gasteiger partial charge in [-0.2, -0.15) is 0 Å². The zero-order chi connectivity index (χ0) is 14.8. The van der Waals surface area contributed by atoms with Gasteiger partial charge in [0.15, 0.2) is 0 Å². The van der Waals surface area contributed by atoms with Crippen molar-refractivity contribution in [2.24, 2.45) is 0 Å². The standard InChI is InChI=1S/C17H20N2OS/c1-3-8-18-17(15-7-4-11(2)21-15)12-5-6-14-13(9-12)10-16(20)19-14/h4-7,9,17-18H,3,8,10H2,1-2H3,(H,19,20). The molecular weight excluding hydrogens is 280 g/mol. The van der Waals surface area contributed by atoms with Gasteiger partial charge in [0.25, 0.3) is 0 Å². The summed E-state index contributed by atoms with van der Waals surface area (Å²) in [5.41, 5.74) is 3.30. The van der Waals surface area contributed by atoms with Crippen LogP contribution in [0.4, 0.5) is 5.69 Å². The number of anilines is 1. The van der Waals surface area contributed by atoms with Crippen LogP contribution in [-0.4, -0.2) is 12.5 Å². The van der Waals surface area contributed by atoms with Crippen molar-refractivity contribution in [2.75, 3.05) is 11.9 Å². The Labute approximate surface area is 129 Å². The minimum absolute atomic E-state index is 0.0900. The highest BCUT2D eigenvalue weighted by molar-refractivity contribution is 7.12. The Balaban J connectivity index is 1.93. The third kappa shape index (κ3) is 3.01. The van der Waals surface area contributed by atoms with Gasteiger partial charge in [0.2, 0.25) is 5.91 Å². The first kappa shape index (κ1) is 14.3. The van der Waals surface area contributed by atoms with Crippen molar-refractivity contribution in [3.63, 3.8) is 0 Å². The molecule has 2 N–H and O–H groups in total. The summed E-state index contributed by atoms with van der Waals surface area (Å²) in [5.74, 6) is 0.0900. The molecule has 1 aromatic heterocycles. The van der Waals surface area contributed by atoms with Crippen LogP contribution in [0.1, 0.15) is 40.3 Å². The van der Waals surface area contributed by atoms with Crippen LogP contribution in [0, 0.1) is 6.92 Å². The van der Waals surface area contributed by atoms with Gasteiger partial charge in [0.1, 0.15) is 0 Å². The van der Waals surface area contributed by atoms with Gasteiger partial charge in [-0.3, -0.25) is 4.79 Å². The van der Waals surface area contributed by atoms with E-state index in [0.29, 0.717) is 6.42 Å². The van der Waals surface area contributed by atoms with Crippen molar-refractivity contribution >= 4 is 22.9 Å². The largest absolute Gasteiger partial charge is 0.326 e. The Morgan fingerprint density at radius 3 is 2.90 bits per heavy atom. The molecule has 1 atom stereocenters. The third-order valence-electron chi connectivity index (χ3n) is 3.73. The minimum atomic E-state index is 0.0900. The average Bonchev–Trinajstić information content (AvgIpc) is 3.04. The molecule has 0 spiro atoms. The first-order valence-electron chi connectivity index (χ1n) is 7.39. The minimum Gasteiger partial charge on any atom is -0.326 e. The molecule has 3 rings (SSSR count). The lowest BCUT2D eigenvalue weighted by atomic mass is 10.0.